The van der Waals surface area contributed by atoms with Gasteiger partial charge in [-0.1, -0.05) is 19.1 Å². The van der Waals surface area contributed by atoms with E-state index in [2.05, 4.69) is 0 Å². The first-order valence-electron chi connectivity index (χ1n) is 4.62. The number of hydrogen-bond acceptors (Lipinski definition) is 3. The molecule has 0 radical (unpaired) electrons. The SMILES string of the molecule is CCS(=O)(=O)c1ccc(CCN)cc1.Cl. The molecule has 86 valence electrons. The summed E-state index contributed by atoms with van der Waals surface area (Å²) < 4.78 is 22.9. The summed E-state index contributed by atoms with van der Waals surface area (Å²) in [7, 11) is -3.06. The van der Waals surface area contributed by atoms with E-state index in [4.69, 9.17) is 5.73 Å². The smallest absolute Gasteiger partial charge is 0.178 e. The predicted molar refractivity (Wildman–Crippen MR) is 64.2 cm³/mol. The van der Waals surface area contributed by atoms with Crippen molar-refractivity contribution in [1.82, 2.24) is 0 Å². The molecule has 1 aromatic carbocycles. The zero-order chi connectivity index (χ0) is 10.6. The lowest BCUT2D eigenvalue weighted by Crippen LogP contribution is -2.05. The van der Waals surface area contributed by atoms with Crippen LogP contribution in [-0.4, -0.2) is 20.7 Å². The molecule has 0 aliphatic rings. The number of rotatable bonds is 4. The Labute approximate surface area is 97.0 Å². The summed E-state index contributed by atoms with van der Waals surface area (Å²) in [5.74, 6) is 0.142. The number of hydrogen-bond donors (Lipinski definition) is 1. The summed E-state index contributed by atoms with van der Waals surface area (Å²) in [6.07, 6.45) is 0.784. The van der Waals surface area contributed by atoms with E-state index in [9.17, 15) is 8.42 Å². The number of benzene rings is 1. The number of nitrogens with two attached hydrogens (primary N) is 1. The molecule has 0 aliphatic carbocycles. The Morgan fingerprint density at radius 2 is 1.73 bits per heavy atom. The lowest BCUT2D eigenvalue weighted by atomic mass is 10.2. The van der Waals surface area contributed by atoms with Crippen molar-refractivity contribution >= 4 is 22.2 Å². The van der Waals surface area contributed by atoms with Gasteiger partial charge in [0.05, 0.1) is 10.6 Å². The number of halogens is 1. The van der Waals surface area contributed by atoms with E-state index in [-0.39, 0.29) is 18.2 Å². The first-order valence-corrected chi connectivity index (χ1v) is 6.27. The lowest BCUT2D eigenvalue weighted by Gasteiger charge is -2.02. The second kappa shape index (κ2) is 6.10. The first-order chi connectivity index (χ1) is 6.60. The highest BCUT2D eigenvalue weighted by Crippen LogP contribution is 2.12. The van der Waals surface area contributed by atoms with Gasteiger partial charge in [0.15, 0.2) is 9.84 Å². The Kier molecular flexibility index (Phi) is 5.87. The third-order valence-electron chi connectivity index (χ3n) is 2.10. The molecule has 0 saturated heterocycles. The van der Waals surface area contributed by atoms with Crippen molar-refractivity contribution in [3.8, 4) is 0 Å². The van der Waals surface area contributed by atoms with Crippen LogP contribution < -0.4 is 5.73 Å². The van der Waals surface area contributed by atoms with Gasteiger partial charge in [0.2, 0.25) is 0 Å². The van der Waals surface area contributed by atoms with E-state index in [0.29, 0.717) is 11.4 Å². The normalized spacial score (nSPS) is 10.8. The zero-order valence-electron chi connectivity index (χ0n) is 8.64. The average Bonchev–Trinajstić information content (AvgIpc) is 2.19. The molecule has 0 spiro atoms. The molecule has 0 bridgehead atoms. The highest BCUT2D eigenvalue weighted by molar-refractivity contribution is 7.91. The van der Waals surface area contributed by atoms with E-state index in [1.807, 2.05) is 12.1 Å². The largest absolute Gasteiger partial charge is 0.330 e. The number of sulfone groups is 1. The molecule has 1 rings (SSSR count). The lowest BCUT2D eigenvalue weighted by molar-refractivity contribution is 0.597. The Hall–Kier alpha value is -0.580. The van der Waals surface area contributed by atoms with Crippen LogP contribution in [-0.2, 0) is 16.3 Å². The molecule has 0 aliphatic heterocycles. The third kappa shape index (κ3) is 3.81. The van der Waals surface area contributed by atoms with Crippen LogP contribution in [0.2, 0.25) is 0 Å². The zero-order valence-corrected chi connectivity index (χ0v) is 10.3. The second-order valence-electron chi connectivity index (χ2n) is 3.09. The molecule has 0 amide bonds. The second-order valence-corrected chi connectivity index (χ2v) is 5.36. The topological polar surface area (TPSA) is 60.2 Å². The minimum Gasteiger partial charge on any atom is -0.330 e. The monoisotopic (exact) mass is 249 g/mol. The van der Waals surface area contributed by atoms with Crippen LogP contribution in [0.5, 0.6) is 0 Å². The first kappa shape index (κ1) is 14.4. The van der Waals surface area contributed by atoms with Crippen molar-refractivity contribution in [1.29, 1.82) is 0 Å². The summed E-state index contributed by atoms with van der Waals surface area (Å²) >= 11 is 0. The van der Waals surface area contributed by atoms with Crippen LogP contribution in [0.3, 0.4) is 0 Å². The summed E-state index contributed by atoms with van der Waals surface area (Å²) in [6, 6.07) is 6.92. The quantitative estimate of drug-likeness (QED) is 0.878. The molecule has 3 nitrogen and oxygen atoms in total. The minimum absolute atomic E-state index is 0. The van der Waals surface area contributed by atoms with Crippen molar-refractivity contribution in [3.05, 3.63) is 29.8 Å². The Morgan fingerprint density at radius 1 is 1.20 bits per heavy atom. The van der Waals surface area contributed by atoms with Crippen molar-refractivity contribution in [2.75, 3.05) is 12.3 Å². The van der Waals surface area contributed by atoms with Crippen LogP contribution in [0.25, 0.3) is 0 Å². The molecule has 2 N–H and O–H groups in total. The maximum Gasteiger partial charge on any atom is 0.178 e. The van der Waals surface area contributed by atoms with Gasteiger partial charge in [-0.2, -0.15) is 0 Å². The van der Waals surface area contributed by atoms with Gasteiger partial charge >= 0.3 is 0 Å². The van der Waals surface area contributed by atoms with E-state index >= 15 is 0 Å². The Bertz CT molecular complexity index is 386. The van der Waals surface area contributed by atoms with Gasteiger partial charge in [0, 0.05) is 0 Å². The maximum absolute atomic E-state index is 11.4. The van der Waals surface area contributed by atoms with Gasteiger partial charge < -0.3 is 5.73 Å². The van der Waals surface area contributed by atoms with Gasteiger partial charge in [-0.05, 0) is 30.7 Å². The summed E-state index contributed by atoms with van der Waals surface area (Å²) in [4.78, 5) is 0.390. The molecular weight excluding hydrogens is 234 g/mol. The predicted octanol–water partition coefficient (Wildman–Crippen LogP) is 1.40. The summed E-state index contributed by atoms with van der Waals surface area (Å²) in [5, 5.41) is 0. The van der Waals surface area contributed by atoms with E-state index in [1.165, 1.54) is 0 Å². The highest BCUT2D eigenvalue weighted by Gasteiger charge is 2.10. The minimum atomic E-state index is -3.06. The Morgan fingerprint density at radius 3 is 2.13 bits per heavy atom. The third-order valence-corrected chi connectivity index (χ3v) is 3.85. The molecule has 1 aromatic rings. The van der Waals surface area contributed by atoms with Gasteiger partial charge in [-0.3, -0.25) is 0 Å². The molecule has 0 heterocycles. The van der Waals surface area contributed by atoms with Gasteiger partial charge in [0.1, 0.15) is 0 Å². The fourth-order valence-corrected chi connectivity index (χ4v) is 2.08. The van der Waals surface area contributed by atoms with Gasteiger partial charge in [0.25, 0.3) is 0 Å². The Balaban J connectivity index is 0.00000196. The van der Waals surface area contributed by atoms with E-state index in [0.717, 1.165) is 12.0 Å². The van der Waals surface area contributed by atoms with Gasteiger partial charge in [-0.15, -0.1) is 12.4 Å². The van der Waals surface area contributed by atoms with Gasteiger partial charge in [-0.25, -0.2) is 8.42 Å². The van der Waals surface area contributed by atoms with Crippen molar-refractivity contribution in [2.24, 2.45) is 5.73 Å². The molecule has 5 heteroatoms. The molecule has 0 atom stereocenters. The van der Waals surface area contributed by atoms with Crippen LogP contribution in [0.4, 0.5) is 0 Å². The highest BCUT2D eigenvalue weighted by atomic mass is 35.5. The van der Waals surface area contributed by atoms with Crippen molar-refractivity contribution in [2.45, 2.75) is 18.2 Å². The summed E-state index contributed by atoms with van der Waals surface area (Å²) in [6.45, 7) is 2.23. The fraction of sp³-hybridized carbons (Fsp3) is 0.400. The van der Waals surface area contributed by atoms with Crippen LogP contribution in [0.15, 0.2) is 29.2 Å². The van der Waals surface area contributed by atoms with Crippen LogP contribution in [0, 0.1) is 0 Å². The maximum atomic E-state index is 11.4. The standard InChI is InChI=1S/C10H15NO2S.ClH/c1-2-14(12,13)10-5-3-9(4-6-10)7-8-11;/h3-6H,2,7-8,11H2,1H3;1H. The van der Waals surface area contributed by atoms with Crippen LogP contribution in [0.1, 0.15) is 12.5 Å². The molecule has 0 fully saturated rings. The van der Waals surface area contributed by atoms with Crippen molar-refractivity contribution < 1.29 is 8.42 Å². The van der Waals surface area contributed by atoms with E-state index in [1.54, 1.807) is 19.1 Å². The van der Waals surface area contributed by atoms with Crippen molar-refractivity contribution in [3.63, 3.8) is 0 Å². The average molecular weight is 250 g/mol. The molecular formula is C10H16ClNO2S. The molecule has 0 saturated carbocycles. The molecule has 0 aromatic heterocycles. The van der Waals surface area contributed by atoms with Crippen LogP contribution >= 0.6 is 12.4 Å². The van der Waals surface area contributed by atoms with E-state index < -0.39 is 9.84 Å². The summed E-state index contributed by atoms with van der Waals surface area (Å²) in [5.41, 5.74) is 6.46. The fourth-order valence-electron chi connectivity index (χ4n) is 1.20. The molecule has 0 unspecified atom stereocenters. The molecule has 15 heavy (non-hydrogen) atoms.